The first-order chi connectivity index (χ1) is 4.38. The van der Waals surface area contributed by atoms with E-state index in [1.807, 2.05) is 0 Å². The molecule has 0 bridgehead atoms. The van der Waals surface area contributed by atoms with Gasteiger partial charge in [-0.25, -0.2) is 5.73 Å². The second kappa shape index (κ2) is 3.18. The van der Waals surface area contributed by atoms with E-state index in [0.29, 0.717) is 6.67 Å². The summed E-state index contributed by atoms with van der Waals surface area (Å²) in [5.41, 5.74) is 7.16. The molecule has 0 aromatic rings. The van der Waals surface area contributed by atoms with E-state index in [1.165, 1.54) is 19.3 Å². The van der Waals surface area contributed by atoms with Crippen LogP contribution in [0.4, 0.5) is 0 Å². The molecule has 9 heavy (non-hydrogen) atoms. The van der Waals surface area contributed by atoms with E-state index < -0.39 is 0 Å². The Bertz CT molecular complexity index is 79.0. The Morgan fingerprint density at radius 1 is 1.56 bits per heavy atom. The second-order valence-electron chi connectivity index (χ2n) is 2.70. The molecule has 0 heterocycles. The van der Waals surface area contributed by atoms with Crippen molar-refractivity contribution >= 4 is 0 Å². The van der Waals surface area contributed by atoms with Gasteiger partial charge in [0.15, 0.2) is 0 Å². The number of hydrogen-bond acceptors (Lipinski definition) is 1. The SMILES string of the molecule is CCCN(C[NH])C1CC1. The van der Waals surface area contributed by atoms with Crippen LogP contribution in [0, 0.1) is 0 Å². The van der Waals surface area contributed by atoms with Crippen LogP contribution in [0.2, 0.25) is 0 Å². The first kappa shape index (κ1) is 7.03. The van der Waals surface area contributed by atoms with Crippen LogP contribution in [-0.2, 0) is 0 Å². The summed E-state index contributed by atoms with van der Waals surface area (Å²) in [6, 6.07) is 0.780. The summed E-state index contributed by atoms with van der Waals surface area (Å²) in [4.78, 5) is 2.25. The largest absolute Gasteiger partial charge is 0.287 e. The molecule has 0 amide bonds. The quantitative estimate of drug-likeness (QED) is 0.555. The van der Waals surface area contributed by atoms with Gasteiger partial charge in [0.25, 0.3) is 0 Å². The molecule has 1 N–H and O–H groups in total. The van der Waals surface area contributed by atoms with Crippen LogP contribution in [0.25, 0.3) is 0 Å². The van der Waals surface area contributed by atoms with Gasteiger partial charge in [-0.1, -0.05) is 6.92 Å². The van der Waals surface area contributed by atoms with Crippen molar-refractivity contribution in [3.8, 4) is 0 Å². The highest BCUT2D eigenvalue weighted by molar-refractivity contribution is 4.82. The van der Waals surface area contributed by atoms with Crippen LogP contribution < -0.4 is 5.73 Å². The van der Waals surface area contributed by atoms with Gasteiger partial charge in [-0.2, -0.15) is 0 Å². The summed E-state index contributed by atoms with van der Waals surface area (Å²) in [6.45, 7) is 3.79. The molecule has 0 saturated heterocycles. The lowest BCUT2D eigenvalue weighted by molar-refractivity contribution is 0.267. The highest BCUT2D eigenvalue weighted by Crippen LogP contribution is 2.25. The third-order valence-electron chi connectivity index (χ3n) is 1.78. The third kappa shape index (κ3) is 1.95. The molecule has 1 aliphatic rings. The van der Waals surface area contributed by atoms with Crippen LogP contribution in [0.5, 0.6) is 0 Å². The van der Waals surface area contributed by atoms with E-state index in [9.17, 15) is 0 Å². The molecule has 0 aliphatic heterocycles. The summed E-state index contributed by atoms with van der Waals surface area (Å²) >= 11 is 0. The predicted octanol–water partition coefficient (Wildman–Crippen LogP) is 1.10. The van der Waals surface area contributed by atoms with Crippen molar-refractivity contribution in [1.29, 1.82) is 0 Å². The molecule has 1 rings (SSSR count). The number of rotatable bonds is 4. The number of hydrogen-bond donors (Lipinski definition) is 0. The fourth-order valence-electron chi connectivity index (χ4n) is 1.12. The Hall–Kier alpha value is -0.0800. The Kier molecular flexibility index (Phi) is 2.49. The molecular formula is C7H15N2. The summed E-state index contributed by atoms with van der Waals surface area (Å²) in [7, 11) is 0. The predicted molar refractivity (Wildman–Crippen MR) is 38.0 cm³/mol. The molecule has 1 saturated carbocycles. The molecule has 0 aromatic heterocycles. The van der Waals surface area contributed by atoms with Gasteiger partial charge in [-0.15, -0.1) is 0 Å². The van der Waals surface area contributed by atoms with E-state index >= 15 is 0 Å². The molecule has 2 heteroatoms. The van der Waals surface area contributed by atoms with Crippen LogP contribution in [0.15, 0.2) is 0 Å². The molecule has 1 radical (unpaired) electrons. The number of nitrogens with one attached hydrogen (secondary N) is 1. The Balaban J connectivity index is 2.12. The van der Waals surface area contributed by atoms with Gasteiger partial charge in [0.1, 0.15) is 0 Å². The standard InChI is InChI=1S/C7H15N2/c1-2-5-9(6-8)7-3-4-7/h7-8H,2-6H2,1H3. The Labute approximate surface area is 57.0 Å². The van der Waals surface area contributed by atoms with Crippen molar-refractivity contribution in [2.24, 2.45) is 0 Å². The summed E-state index contributed by atoms with van der Waals surface area (Å²) in [6.07, 6.45) is 3.85. The van der Waals surface area contributed by atoms with Crippen LogP contribution in [-0.4, -0.2) is 24.2 Å². The van der Waals surface area contributed by atoms with E-state index in [1.54, 1.807) is 0 Å². The molecule has 0 spiro atoms. The zero-order chi connectivity index (χ0) is 6.69. The normalized spacial score (nSPS) is 19.0. The fraction of sp³-hybridized carbons (Fsp3) is 1.00. The van der Waals surface area contributed by atoms with Gasteiger partial charge in [0, 0.05) is 6.04 Å². The zero-order valence-corrected chi connectivity index (χ0v) is 6.06. The summed E-state index contributed by atoms with van der Waals surface area (Å²) in [5.74, 6) is 0. The van der Waals surface area contributed by atoms with E-state index in [4.69, 9.17) is 5.73 Å². The van der Waals surface area contributed by atoms with Gasteiger partial charge in [0.05, 0.1) is 6.67 Å². The Morgan fingerprint density at radius 2 is 2.22 bits per heavy atom. The van der Waals surface area contributed by atoms with Crippen molar-refractivity contribution in [2.75, 3.05) is 13.2 Å². The summed E-state index contributed by atoms with van der Waals surface area (Å²) < 4.78 is 0. The average Bonchev–Trinajstić information content (AvgIpc) is 2.64. The minimum Gasteiger partial charge on any atom is -0.287 e. The fourth-order valence-corrected chi connectivity index (χ4v) is 1.12. The van der Waals surface area contributed by atoms with Crippen LogP contribution >= 0.6 is 0 Å². The second-order valence-corrected chi connectivity index (χ2v) is 2.70. The minimum absolute atomic E-state index is 0.499. The van der Waals surface area contributed by atoms with Crippen molar-refractivity contribution in [3.63, 3.8) is 0 Å². The van der Waals surface area contributed by atoms with Crippen molar-refractivity contribution in [1.82, 2.24) is 10.6 Å². The molecule has 53 valence electrons. The van der Waals surface area contributed by atoms with E-state index in [2.05, 4.69) is 11.8 Å². The van der Waals surface area contributed by atoms with Crippen molar-refractivity contribution in [2.45, 2.75) is 32.2 Å². The smallest absolute Gasteiger partial charge is 0.0617 e. The first-order valence-corrected chi connectivity index (χ1v) is 3.77. The maximum atomic E-state index is 7.16. The lowest BCUT2D eigenvalue weighted by atomic mass is 10.4. The average molecular weight is 127 g/mol. The van der Waals surface area contributed by atoms with Crippen LogP contribution in [0.1, 0.15) is 26.2 Å². The molecular weight excluding hydrogens is 112 g/mol. The van der Waals surface area contributed by atoms with Gasteiger partial charge in [-0.3, -0.25) is 4.90 Å². The molecule has 1 aliphatic carbocycles. The minimum atomic E-state index is 0.499. The van der Waals surface area contributed by atoms with Gasteiger partial charge in [0.2, 0.25) is 0 Å². The van der Waals surface area contributed by atoms with E-state index in [-0.39, 0.29) is 0 Å². The molecule has 0 atom stereocenters. The molecule has 0 aromatic carbocycles. The van der Waals surface area contributed by atoms with Crippen molar-refractivity contribution < 1.29 is 0 Å². The van der Waals surface area contributed by atoms with Gasteiger partial charge < -0.3 is 0 Å². The van der Waals surface area contributed by atoms with Crippen molar-refractivity contribution in [3.05, 3.63) is 0 Å². The first-order valence-electron chi connectivity index (χ1n) is 3.77. The highest BCUT2D eigenvalue weighted by atomic mass is 15.2. The highest BCUT2D eigenvalue weighted by Gasteiger charge is 2.26. The number of nitrogens with zero attached hydrogens (tertiary/aromatic N) is 1. The maximum Gasteiger partial charge on any atom is 0.0617 e. The molecule has 1 fully saturated rings. The van der Waals surface area contributed by atoms with Crippen LogP contribution in [0.3, 0.4) is 0 Å². The van der Waals surface area contributed by atoms with Gasteiger partial charge in [-0.05, 0) is 25.8 Å². The lowest BCUT2D eigenvalue weighted by Gasteiger charge is -2.16. The monoisotopic (exact) mass is 127 g/mol. The zero-order valence-electron chi connectivity index (χ0n) is 6.06. The lowest BCUT2D eigenvalue weighted by Crippen LogP contribution is -2.28. The maximum absolute atomic E-state index is 7.16. The molecule has 2 nitrogen and oxygen atoms in total. The Morgan fingerprint density at radius 3 is 2.56 bits per heavy atom. The van der Waals surface area contributed by atoms with E-state index in [0.717, 1.165) is 12.6 Å². The molecule has 0 unspecified atom stereocenters. The topological polar surface area (TPSA) is 27.0 Å². The van der Waals surface area contributed by atoms with Gasteiger partial charge >= 0.3 is 0 Å². The summed E-state index contributed by atoms with van der Waals surface area (Å²) in [5, 5.41) is 0. The third-order valence-corrected chi connectivity index (χ3v) is 1.78.